The third kappa shape index (κ3) is 5.38. The summed E-state index contributed by atoms with van der Waals surface area (Å²) in [7, 11) is 0. The third-order valence-corrected chi connectivity index (χ3v) is 6.13. The molecule has 2 rings (SSSR count). The maximum Gasteiger partial charge on any atom is 0.410 e. The van der Waals surface area contributed by atoms with Crippen LogP contribution in [0.1, 0.15) is 52.5 Å². The van der Waals surface area contributed by atoms with Crippen molar-refractivity contribution in [3.05, 3.63) is 33.3 Å². The predicted molar refractivity (Wildman–Crippen MR) is 103 cm³/mol. The summed E-state index contributed by atoms with van der Waals surface area (Å²) < 4.78 is 6.47. The second-order valence-corrected chi connectivity index (χ2v) is 9.19. The van der Waals surface area contributed by atoms with Crippen molar-refractivity contribution in [3.63, 3.8) is 0 Å². The van der Waals surface area contributed by atoms with Crippen LogP contribution in [0.3, 0.4) is 0 Å². The largest absolute Gasteiger partial charge is 0.444 e. The fourth-order valence-electron chi connectivity index (χ4n) is 2.98. The van der Waals surface area contributed by atoms with Crippen LogP contribution in [0.25, 0.3) is 0 Å². The summed E-state index contributed by atoms with van der Waals surface area (Å²) in [6.07, 6.45) is 3.90. The number of piperidine rings is 1. The molecular formula is C19H27BrClNO2. The van der Waals surface area contributed by atoms with Crippen LogP contribution in [0.5, 0.6) is 0 Å². The number of benzene rings is 1. The third-order valence-electron chi connectivity index (χ3n) is 4.65. The Morgan fingerprint density at radius 1 is 1.33 bits per heavy atom. The lowest BCUT2D eigenvalue weighted by molar-refractivity contribution is 0.0111. The van der Waals surface area contributed by atoms with Gasteiger partial charge in [0.2, 0.25) is 0 Å². The van der Waals surface area contributed by atoms with Crippen molar-refractivity contribution in [2.45, 2.75) is 59.0 Å². The lowest BCUT2D eigenvalue weighted by Crippen LogP contribution is -2.44. The van der Waals surface area contributed by atoms with Gasteiger partial charge in [-0.05, 0) is 79.4 Å². The molecule has 1 fully saturated rings. The normalized spacial score (nSPS) is 17.7. The molecule has 1 amide bonds. The molecular weight excluding hydrogens is 390 g/mol. The number of carbonyl (C=O) groups excluding carboxylic acids is 1. The molecule has 3 nitrogen and oxygen atoms in total. The van der Waals surface area contributed by atoms with Crippen molar-refractivity contribution in [2.75, 3.05) is 13.1 Å². The van der Waals surface area contributed by atoms with Gasteiger partial charge in [0.1, 0.15) is 5.60 Å². The fourth-order valence-corrected chi connectivity index (χ4v) is 3.64. The highest BCUT2D eigenvalue weighted by Gasteiger charge is 2.33. The van der Waals surface area contributed by atoms with Crippen molar-refractivity contribution in [2.24, 2.45) is 5.41 Å². The topological polar surface area (TPSA) is 29.5 Å². The lowest BCUT2D eigenvalue weighted by Gasteiger charge is -2.40. The number of rotatable bonds is 3. The summed E-state index contributed by atoms with van der Waals surface area (Å²) >= 11 is 9.75. The summed E-state index contributed by atoms with van der Waals surface area (Å²) in [5.41, 5.74) is 1.06. The molecule has 1 heterocycles. The molecule has 0 aromatic heterocycles. The van der Waals surface area contributed by atoms with Gasteiger partial charge in [0, 0.05) is 17.6 Å². The Morgan fingerprint density at radius 3 is 2.54 bits per heavy atom. The van der Waals surface area contributed by atoms with E-state index in [2.05, 4.69) is 28.9 Å². The molecule has 0 aliphatic carbocycles. The van der Waals surface area contributed by atoms with E-state index in [9.17, 15) is 4.79 Å². The molecule has 1 aliphatic rings. The van der Waals surface area contributed by atoms with Crippen LogP contribution in [0.4, 0.5) is 4.79 Å². The number of ether oxygens (including phenoxy) is 1. The Balaban J connectivity index is 1.88. The Morgan fingerprint density at radius 2 is 1.96 bits per heavy atom. The Bertz CT molecular complexity index is 590. The maximum absolute atomic E-state index is 12.2. The van der Waals surface area contributed by atoms with Crippen molar-refractivity contribution in [1.82, 2.24) is 4.90 Å². The van der Waals surface area contributed by atoms with Gasteiger partial charge in [-0.25, -0.2) is 4.79 Å². The second kappa shape index (κ2) is 7.65. The van der Waals surface area contributed by atoms with Crippen molar-refractivity contribution in [1.29, 1.82) is 0 Å². The highest BCUT2D eigenvalue weighted by molar-refractivity contribution is 9.10. The zero-order valence-electron chi connectivity index (χ0n) is 15.0. The quantitative estimate of drug-likeness (QED) is 0.598. The fraction of sp³-hybridized carbons (Fsp3) is 0.632. The Hall–Kier alpha value is -0.740. The monoisotopic (exact) mass is 415 g/mol. The highest BCUT2D eigenvalue weighted by Crippen LogP contribution is 2.37. The predicted octanol–water partition coefficient (Wildman–Crippen LogP) is 6.07. The molecule has 0 radical (unpaired) electrons. The first-order chi connectivity index (χ1) is 11.1. The molecule has 1 saturated heterocycles. The van der Waals surface area contributed by atoms with E-state index in [-0.39, 0.29) is 11.5 Å². The number of halogens is 2. The number of likely N-dealkylation sites (tertiary alicyclic amines) is 1. The van der Waals surface area contributed by atoms with Gasteiger partial charge in [0.25, 0.3) is 0 Å². The summed E-state index contributed by atoms with van der Waals surface area (Å²) in [6.45, 7) is 9.56. The molecule has 1 aromatic rings. The molecule has 0 atom stereocenters. The number of amides is 1. The van der Waals surface area contributed by atoms with Crippen LogP contribution in [0, 0.1) is 5.41 Å². The molecule has 134 valence electrons. The van der Waals surface area contributed by atoms with Crippen molar-refractivity contribution < 1.29 is 9.53 Å². The molecule has 5 heteroatoms. The van der Waals surface area contributed by atoms with Crippen LogP contribution in [-0.2, 0) is 11.2 Å². The number of nitrogens with zero attached hydrogens (tertiary/aromatic N) is 1. The summed E-state index contributed by atoms with van der Waals surface area (Å²) in [5.74, 6) is 0. The van der Waals surface area contributed by atoms with Crippen LogP contribution in [0.2, 0.25) is 5.02 Å². The lowest BCUT2D eigenvalue weighted by atomic mass is 9.76. The van der Waals surface area contributed by atoms with Crippen LogP contribution < -0.4 is 0 Å². The van der Waals surface area contributed by atoms with Crippen LogP contribution >= 0.6 is 27.5 Å². The molecule has 0 bridgehead atoms. The minimum absolute atomic E-state index is 0.192. The van der Waals surface area contributed by atoms with Gasteiger partial charge in [0.15, 0.2) is 0 Å². The van der Waals surface area contributed by atoms with Crippen LogP contribution in [-0.4, -0.2) is 29.7 Å². The average molecular weight is 417 g/mol. The molecule has 0 unspecified atom stereocenters. The Labute approximate surface area is 158 Å². The van der Waals surface area contributed by atoms with Crippen molar-refractivity contribution in [3.8, 4) is 0 Å². The first-order valence-corrected chi connectivity index (χ1v) is 9.68. The van der Waals surface area contributed by atoms with Gasteiger partial charge in [-0.3, -0.25) is 0 Å². The highest BCUT2D eigenvalue weighted by atomic mass is 79.9. The van der Waals surface area contributed by atoms with Gasteiger partial charge in [-0.2, -0.15) is 0 Å². The van der Waals surface area contributed by atoms with E-state index in [1.165, 1.54) is 5.56 Å². The Kier molecular flexibility index (Phi) is 6.24. The summed E-state index contributed by atoms with van der Waals surface area (Å²) in [5, 5.41) is 0.761. The number of carbonyl (C=O) groups is 1. The van der Waals surface area contributed by atoms with E-state index >= 15 is 0 Å². The van der Waals surface area contributed by atoms with Crippen LogP contribution in [0.15, 0.2) is 22.7 Å². The molecule has 0 N–H and O–H groups in total. The minimum Gasteiger partial charge on any atom is -0.444 e. The molecule has 0 saturated carbocycles. The average Bonchev–Trinajstić information content (AvgIpc) is 2.48. The number of hydrogen-bond acceptors (Lipinski definition) is 2. The first-order valence-electron chi connectivity index (χ1n) is 8.50. The van der Waals surface area contributed by atoms with Crippen molar-refractivity contribution >= 4 is 33.6 Å². The van der Waals surface area contributed by atoms with Gasteiger partial charge < -0.3 is 9.64 Å². The van der Waals surface area contributed by atoms with E-state index in [1.54, 1.807) is 0 Å². The zero-order chi connectivity index (χ0) is 18.0. The minimum atomic E-state index is -0.434. The van der Waals surface area contributed by atoms with E-state index in [1.807, 2.05) is 37.8 Å². The van der Waals surface area contributed by atoms with Gasteiger partial charge in [-0.1, -0.05) is 30.7 Å². The molecule has 0 spiro atoms. The van der Waals surface area contributed by atoms with E-state index < -0.39 is 5.60 Å². The van der Waals surface area contributed by atoms with E-state index in [0.29, 0.717) is 0 Å². The molecule has 24 heavy (non-hydrogen) atoms. The van der Waals surface area contributed by atoms with E-state index in [0.717, 1.165) is 48.3 Å². The maximum atomic E-state index is 12.2. The van der Waals surface area contributed by atoms with E-state index in [4.69, 9.17) is 16.3 Å². The first kappa shape index (κ1) is 19.6. The standard InChI is InChI=1S/C19H27BrClNO2/c1-18(2,3)24-17(23)22-12-10-19(4,11-13-22)9-8-14-6-5-7-15(21)16(14)20/h5-7H,8-13H2,1-4H3. The number of aryl methyl sites for hydroxylation is 1. The van der Waals surface area contributed by atoms with Gasteiger partial charge in [0.05, 0.1) is 5.02 Å². The molecule has 1 aliphatic heterocycles. The van der Waals surface area contributed by atoms with Gasteiger partial charge in [-0.15, -0.1) is 0 Å². The summed E-state index contributed by atoms with van der Waals surface area (Å²) in [6, 6.07) is 6.02. The summed E-state index contributed by atoms with van der Waals surface area (Å²) in [4.78, 5) is 14.0. The SMILES string of the molecule is CC1(CCc2cccc(Cl)c2Br)CCN(C(=O)OC(C)(C)C)CC1. The smallest absolute Gasteiger partial charge is 0.410 e. The number of hydrogen-bond donors (Lipinski definition) is 0. The zero-order valence-corrected chi connectivity index (χ0v) is 17.3. The molecule has 1 aromatic carbocycles. The second-order valence-electron chi connectivity index (χ2n) is 7.99. The van der Waals surface area contributed by atoms with Gasteiger partial charge >= 0.3 is 6.09 Å².